The van der Waals surface area contributed by atoms with Crippen molar-refractivity contribution >= 4 is 5.97 Å². The van der Waals surface area contributed by atoms with Gasteiger partial charge >= 0.3 is 5.97 Å². The van der Waals surface area contributed by atoms with Gasteiger partial charge in [-0.3, -0.25) is 0 Å². The van der Waals surface area contributed by atoms with Gasteiger partial charge in [-0.1, -0.05) is 0 Å². The first-order chi connectivity index (χ1) is 6.84. The summed E-state index contributed by atoms with van der Waals surface area (Å²) in [5.74, 6) is -4.95. The number of aliphatic hydroxyl groups is 5. The molecule has 0 unspecified atom stereocenters. The van der Waals surface area contributed by atoms with Crippen molar-refractivity contribution < 1.29 is 40.2 Å². The molecule has 8 nitrogen and oxygen atoms in total. The first-order valence-electron chi connectivity index (χ1n) is 4.13. The van der Waals surface area contributed by atoms with Crippen molar-refractivity contribution in [3.63, 3.8) is 0 Å². The van der Waals surface area contributed by atoms with E-state index in [1.54, 1.807) is 0 Å². The molecule has 15 heavy (non-hydrogen) atoms. The highest BCUT2D eigenvalue weighted by molar-refractivity contribution is 5.76. The molecule has 8 heteroatoms. The third-order valence-corrected chi connectivity index (χ3v) is 2.27. The Bertz CT molecular complexity index is 253. The van der Waals surface area contributed by atoms with Gasteiger partial charge in [0.15, 0.2) is 0 Å². The van der Waals surface area contributed by atoms with Crippen molar-refractivity contribution in [1.82, 2.24) is 0 Å². The number of carbonyl (C=O) groups is 1. The largest absolute Gasteiger partial charge is 0.477 e. The zero-order valence-corrected chi connectivity index (χ0v) is 7.52. The molecule has 1 heterocycles. The summed E-state index contributed by atoms with van der Waals surface area (Å²) >= 11 is 0. The Kier molecular flexibility index (Phi) is 3.28. The van der Waals surface area contributed by atoms with Crippen LogP contribution in [0.5, 0.6) is 0 Å². The minimum atomic E-state index is -3.04. The lowest BCUT2D eigenvalue weighted by Crippen LogP contribution is -2.68. The molecule has 0 amide bonds. The zero-order valence-electron chi connectivity index (χ0n) is 7.52. The molecule has 0 aromatic rings. The first-order valence-corrected chi connectivity index (χ1v) is 4.13. The van der Waals surface area contributed by atoms with E-state index in [-0.39, 0.29) is 0 Å². The Labute approximate surface area is 84.0 Å². The maximum Gasteiger partial charge on any atom is 0.367 e. The van der Waals surface area contributed by atoms with E-state index in [0.29, 0.717) is 0 Å². The summed E-state index contributed by atoms with van der Waals surface area (Å²) in [6.45, 7) is -0.805. The molecule has 88 valence electrons. The molecular formula is C7H12O8. The molecule has 6 N–H and O–H groups in total. The highest BCUT2D eigenvalue weighted by Gasteiger charge is 2.57. The molecule has 0 aromatic carbocycles. The fourth-order valence-electron chi connectivity index (χ4n) is 1.33. The van der Waals surface area contributed by atoms with Crippen LogP contribution in [0.2, 0.25) is 0 Å². The molecule has 0 spiro atoms. The van der Waals surface area contributed by atoms with E-state index in [1.807, 2.05) is 0 Å². The van der Waals surface area contributed by atoms with Crippen LogP contribution in [-0.4, -0.2) is 73.4 Å². The van der Waals surface area contributed by atoms with E-state index in [0.717, 1.165) is 0 Å². The molecule has 1 saturated heterocycles. The van der Waals surface area contributed by atoms with Crippen LogP contribution in [-0.2, 0) is 9.53 Å². The lowest BCUT2D eigenvalue weighted by molar-refractivity contribution is -0.337. The summed E-state index contributed by atoms with van der Waals surface area (Å²) in [5, 5.41) is 54.3. The van der Waals surface area contributed by atoms with Gasteiger partial charge in [-0.15, -0.1) is 0 Å². The van der Waals surface area contributed by atoms with Crippen molar-refractivity contribution in [2.45, 2.75) is 30.2 Å². The topological polar surface area (TPSA) is 148 Å². The van der Waals surface area contributed by atoms with Gasteiger partial charge in [0.2, 0.25) is 0 Å². The summed E-state index contributed by atoms with van der Waals surface area (Å²) in [6.07, 6.45) is -7.28. The summed E-state index contributed by atoms with van der Waals surface area (Å²) < 4.78 is 4.43. The van der Waals surface area contributed by atoms with E-state index >= 15 is 0 Å². The van der Waals surface area contributed by atoms with Gasteiger partial charge in [0.1, 0.15) is 24.4 Å². The Hall–Kier alpha value is -0.770. The summed E-state index contributed by atoms with van der Waals surface area (Å²) in [7, 11) is 0. The Balaban J connectivity index is 2.97. The molecule has 1 fully saturated rings. The fourth-order valence-corrected chi connectivity index (χ4v) is 1.33. The maximum atomic E-state index is 10.6. The van der Waals surface area contributed by atoms with Crippen LogP contribution in [0, 0.1) is 0 Å². The van der Waals surface area contributed by atoms with Gasteiger partial charge in [0.05, 0.1) is 6.61 Å². The van der Waals surface area contributed by atoms with E-state index in [1.165, 1.54) is 0 Å². The number of carboxylic acid groups (broad SMARTS) is 1. The fraction of sp³-hybridized carbons (Fsp3) is 0.857. The van der Waals surface area contributed by atoms with Crippen LogP contribution < -0.4 is 0 Å². The van der Waals surface area contributed by atoms with Crippen LogP contribution >= 0.6 is 0 Å². The molecule has 0 aliphatic carbocycles. The quantitative estimate of drug-likeness (QED) is 0.280. The van der Waals surface area contributed by atoms with Gasteiger partial charge in [0.25, 0.3) is 5.79 Å². The third-order valence-electron chi connectivity index (χ3n) is 2.27. The average molecular weight is 224 g/mol. The number of ether oxygens (including phenoxy) is 1. The zero-order chi connectivity index (χ0) is 11.8. The predicted octanol–water partition coefficient (Wildman–Crippen LogP) is -3.77. The van der Waals surface area contributed by atoms with Gasteiger partial charge in [-0.2, -0.15) is 0 Å². The van der Waals surface area contributed by atoms with Crippen molar-refractivity contribution in [3.05, 3.63) is 0 Å². The third kappa shape index (κ3) is 1.83. The number of hydrogen-bond donors (Lipinski definition) is 6. The van der Waals surface area contributed by atoms with Crippen molar-refractivity contribution in [2.24, 2.45) is 0 Å². The Morgan fingerprint density at radius 3 is 2.20 bits per heavy atom. The lowest BCUT2D eigenvalue weighted by atomic mass is 9.93. The molecule has 1 aliphatic heterocycles. The van der Waals surface area contributed by atoms with E-state index in [2.05, 4.69) is 4.74 Å². The van der Waals surface area contributed by atoms with Gasteiger partial charge in [-0.25, -0.2) is 4.79 Å². The van der Waals surface area contributed by atoms with E-state index < -0.39 is 42.8 Å². The molecule has 0 aromatic heterocycles. The molecule has 0 radical (unpaired) electrons. The number of hydrogen-bond acceptors (Lipinski definition) is 7. The van der Waals surface area contributed by atoms with Gasteiger partial charge in [-0.05, 0) is 0 Å². The van der Waals surface area contributed by atoms with Crippen LogP contribution in [0.25, 0.3) is 0 Å². The maximum absolute atomic E-state index is 10.6. The lowest BCUT2D eigenvalue weighted by Gasteiger charge is -2.42. The molecule has 5 atom stereocenters. The number of aliphatic carboxylic acids is 1. The smallest absolute Gasteiger partial charge is 0.367 e. The highest BCUT2D eigenvalue weighted by Crippen LogP contribution is 2.28. The van der Waals surface area contributed by atoms with Crippen LogP contribution in [0.4, 0.5) is 0 Å². The van der Waals surface area contributed by atoms with Crippen LogP contribution in [0.3, 0.4) is 0 Å². The number of aliphatic hydroxyl groups excluding tert-OH is 4. The summed E-state index contributed by atoms with van der Waals surface area (Å²) in [6, 6.07) is 0. The summed E-state index contributed by atoms with van der Waals surface area (Å²) in [4.78, 5) is 10.6. The van der Waals surface area contributed by atoms with E-state index in [4.69, 9.17) is 10.2 Å². The molecule has 1 aliphatic rings. The molecule has 1 rings (SSSR count). The second kappa shape index (κ2) is 4.00. The summed E-state index contributed by atoms with van der Waals surface area (Å²) in [5.41, 5.74) is 0. The van der Waals surface area contributed by atoms with Crippen molar-refractivity contribution in [2.75, 3.05) is 6.61 Å². The normalized spacial score (nSPS) is 46.5. The van der Waals surface area contributed by atoms with E-state index in [9.17, 15) is 25.2 Å². The second-order valence-electron chi connectivity index (χ2n) is 3.27. The average Bonchev–Trinajstić information content (AvgIpc) is 2.20. The van der Waals surface area contributed by atoms with Gasteiger partial charge in [0, 0.05) is 0 Å². The second-order valence-corrected chi connectivity index (χ2v) is 3.27. The monoisotopic (exact) mass is 224 g/mol. The molecule has 0 saturated carbocycles. The molecule has 0 bridgehead atoms. The molecular weight excluding hydrogens is 212 g/mol. The van der Waals surface area contributed by atoms with Crippen molar-refractivity contribution in [3.8, 4) is 0 Å². The van der Waals surface area contributed by atoms with Gasteiger partial charge < -0.3 is 35.4 Å². The Morgan fingerprint density at radius 2 is 1.80 bits per heavy atom. The Morgan fingerprint density at radius 1 is 1.27 bits per heavy atom. The first kappa shape index (κ1) is 12.3. The number of rotatable bonds is 2. The predicted molar refractivity (Wildman–Crippen MR) is 42.6 cm³/mol. The highest BCUT2D eigenvalue weighted by atomic mass is 16.7. The number of carboxylic acids is 1. The standard InChI is InChI=1S/C7H12O8/c8-1-2-3(9)4(10)5(11)7(14,15-2)6(12)13/h2-5,8-11,14H,1H2,(H,12,13)/t2-,3-,4+,5-,7+/m1/s1. The van der Waals surface area contributed by atoms with Crippen molar-refractivity contribution in [1.29, 1.82) is 0 Å². The minimum absolute atomic E-state index is 0.805. The van der Waals surface area contributed by atoms with Crippen LogP contribution in [0.1, 0.15) is 0 Å². The SMILES string of the molecule is O=C(O)[C@@]1(O)O[C@H](CO)[C@@H](O)[C@H](O)[C@H]1O. The minimum Gasteiger partial charge on any atom is -0.477 e. The van der Waals surface area contributed by atoms with Crippen LogP contribution in [0.15, 0.2) is 0 Å².